The third-order valence-corrected chi connectivity index (χ3v) is 3.21. The maximum absolute atomic E-state index is 12.3. The highest BCUT2D eigenvalue weighted by atomic mass is 16.3. The SMILES string of the molecule is NCCc1ccccc1C(=O)N1CC(O)C(O)C1. The fraction of sp³-hybridized carbons (Fsp3) is 0.462. The van der Waals surface area contributed by atoms with Gasteiger partial charge in [-0.1, -0.05) is 18.2 Å². The van der Waals surface area contributed by atoms with Crippen molar-refractivity contribution in [1.82, 2.24) is 4.90 Å². The van der Waals surface area contributed by atoms with E-state index < -0.39 is 12.2 Å². The highest BCUT2D eigenvalue weighted by Gasteiger charge is 2.33. The van der Waals surface area contributed by atoms with Gasteiger partial charge in [-0.3, -0.25) is 4.79 Å². The van der Waals surface area contributed by atoms with Crippen LogP contribution in [-0.4, -0.2) is 52.9 Å². The van der Waals surface area contributed by atoms with Gasteiger partial charge in [0.15, 0.2) is 0 Å². The molecule has 1 saturated heterocycles. The number of aliphatic hydroxyl groups excluding tert-OH is 2. The molecular formula is C13H18N2O3. The predicted molar refractivity (Wildman–Crippen MR) is 67.1 cm³/mol. The van der Waals surface area contributed by atoms with Crippen molar-refractivity contribution in [3.05, 3.63) is 35.4 Å². The highest BCUT2D eigenvalue weighted by molar-refractivity contribution is 5.96. The Labute approximate surface area is 106 Å². The number of rotatable bonds is 3. The van der Waals surface area contributed by atoms with Gasteiger partial charge in [0.25, 0.3) is 5.91 Å². The van der Waals surface area contributed by atoms with Gasteiger partial charge in [0, 0.05) is 18.7 Å². The van der Waals surface area contributed by atoms with Crippen LogP contribution in [0.5, 0.6) is 0 Å². The van der Waals surface area contributed by atoms with Gasteiger partial charge in [-0.15, -0.1) is 0 Å². The number of nitrogens with two attached hydrogens (primary N) is 1. The summed E-state index contributed by atoms with van der Waals surface area (Å²) in [6, 6.07) is 7.30. The number of likely N-dealkylation sites (tertiary alicyclic amines) is 1. The van der Waals surface area contributed by atoms with Crippen molar-refractivity contribution < 1.29 is 15.0 Å². The van der Waals surface area contributed by atoms with Crippen LogP contribution in [0.3, 0.4) is 0 Å². The molecule has 2 unspecified atom stereocenters. The first-order chi connectivity index (χ1) is 8.63. The second-order valence-electron chi connectivity index (χ2n) is 4.54. The number of carbonyl (C=O) groups excluding carboxylic acids is 1. The van der Waals surface area contributed by atoms with Crippen LogP contribution < -0.4 is 5.73 Å². The Bertz CT molecular complexity index is 426. The van der Waals surface area contributed by atoms with Gasteiger partial charge in [-0.05, 0) is 24.6 Å². The Morgan fingerprint density at radius 1 is 1.28 bits per heavy atom. The zero-order valence-corrected chi connectivity index (χ0v) is 10.1. The summed E-state index contributed by atoms with van der Waals surface area (Å²) < 4.78 is 0. The van der Waals surface area contributed by atoms with Crippen LogP contribution in [0.15, 0.2) is 24.3 Å². The van der Waals surface area contributed by atoms with Gasteiger partial charge >= 0.3 is 0 Å². The molecule has 0 spiro atoms. The van der Waals surface area contributed by atoms with Crippen molar-refractivity contribution >= 4 is 5.91 Å². The van der Waals surface area contributed by atoms with Gasteiger partial charge in [0.2, 0.25) is 0 Å². The van der Waals surface area contributed by atoms with Crippen LogP contribution in [0.1, 0.15) is 15.9 Å². The molecule has 2 atom stereocenters. The Kier molecular flexibility index (Phi) is 3.96. The molecule has 5 nitrogen and oxygen atoms in total. The van der Waals surface area contributed by atoms with Crippen molar-refractivity contribution in [2.75, 3.05) is 19.6 Å². The smallest absolute Gasteiger partial charge is 0.254 e. The van der Waals surface area contributed by atoms with Crippen LogP contribution in [0.25, 0.3) is 0 Å². The number of nitrogens with zero attached hydrogens (tertiary/aromatic N) is 1. The van der Waals surface area contributed by atoms with E-state index in [-0.39, 0.29) is 19.0 Å². The Hall–Kier alpha value is -1.43. The molecule has 5 heteroatoms. The van der Waals surface area contributed by atoms with E-state index in [1.807, 2.05) is 12.1 Å². The largest absolute Gasteiger partial charge is 0.388 e. The summed E-state index contributed by atoms with van der Waals surface area (Å²) in [7, 11) is 0. The maximum atomic E-state index is 12.3. The molecule has 0 aliphatic carbocycles. The fourth-order valence-corrected chi connectivity index (χ4v) is 2.21. The van der Waals surface area contributed by atoms with E-state index in [0.29, 0.717) is 18.5 Å². The van der Waals surface area contributed by atoms with Crippen LogP contribution in [-0.2, 0) is 6.42 Å². The van der Waals surface area contributed by atoms with E-state index >= 15 is 0 Å². The molecule has 0 radical (unpaired) electrons. The number of β-amino-alcohol motifs (C(OH)–C–C–N with tert-alkyl or cyclic N) is 2. The lowest BCUT2D eigenvalue weighted by molar-refractivity contribution is 0.0572. The Morgan fingerprint density at radius 2 is 1.89 bits per heavy atom. The average Bonchev–Trinajstić information content (AvgIpc) is 2.70. The lowest BCUT2D eigenvalue weighted by Gasteiger charge is -2.17. The zero-order valence-electron chi connectivity index (χ0n) is 10.1. The molecule has 1 aromatic rings. The Morgan fingerprint density at radius 3 is 2.50 bits per heavy atom. The third kappa shape index (κ3) is 2.53. The first-order valence-electron chi connectivity index (χ1n) is 6.07. The van der Waals surface area contributed by atoms with Crippen molar-refractivity contribution in [3.63, 3.8) is 0 Å². The van der Waals surface area contributed by atoms with Crippen molar-refractivity contribution in [2.24, 2.45) is 5.73 Å². The molecule has 0 aromatic heterocycles. The fourth-order valence-electron chi connectivity index (χ4n) is 2.21. The highest BCUT2D eigenvalue weighted by Crippen LogP contribution is 2.17. The van der Waals surface area contributed by atoms with E-state index in [1.54, 1.807) is 12.1 Å². The zero-order chi connectivity index (χ0) is 13.1. The van der Waals surface area contributed by atoms with Crippen LogP contribution in [0, 0.1) is 0 Å². The van der Waals surface area contributed by atoms with Crippen LogP contribution in [0.4, 0.5) is 0 Å². The van der Waals surface area contributed by atoms with Crippen LogP contribution >= 0.6 is 0 Å². The van der Waals surface area contributed by atoms with Crippen LogP contribution in [0.2, 0.25) is 0 Å². The number of carbonyl (C=O) groups is 1. The standard InChI is InChI=1S/C13H18N2O3/c14-6-5-9-3-1-2-4-10(9)13(18)15-7-11(16)12(17)8-15/h1-4,11-12,16-17H,5-8,14H2. The number of benzene rings is 1. The van der Waals surface area contributed by atoms with Crippen molar-refractivity contribution in [1.29, 1.82) is 0 Å². The number of hydrogen-bond acceptors (Lipinski definition) is 4. The molecule has 1 fully saturated rings. The number of aliphatic hydroxyl groups is 2. The lowest BCUT2D eigenvalue weighted by atomic mass is 10.0. The summed E-state index contributed by atoms with van der Waals surface area (Å²) in [4.78, 5) is 13.8. The summed E-state index contributed by atoms with van der Waals surface area (Å²) in [5.74, 6) is -0.158. The quantitative estimate of drug-likeness (QED) is 0.666. The predicted octanol–water partition coefficient (Wildman–Crippen LogP) is -0.635. The summed E-state index contributed by atoms with van der Waals surface area (Å²) in [6.45, 7) is 0.837. The molecule has 1 aromatic carbocycles. The minimum atomic E-state index is -0.851. The van der Waals surface area contributed by atoms with Gasteiger partial charge in [0.1, 0.15) is 0 Å². The first kappa shape index (κ1) is 13.0. The van der Waals surface area contributed by atoms with E-state index in [1.165, 1.54) is 4.90 Å². The topological polar surface area (TPSA) is 86.8 Å². The van der Waals surface area contributed by atoms with Gasteiger partial charge < -0.3 is 20.8 Å². The molecule has 2 rings (SSSR count). The minimum absolute atomic E-state index is 0.158. The van der Waals surface area contributed by atoms with E-state index in [9.17, 15) is 15.0 Å². The molecule has 1 amide bonds. The monoisotopic (exact) mass is 250 g/mol. The van der Waals surface area contributed by atoms with Crippen molar-refractivity contribution in [3.8, 4) is 0 Å². The van der Waals surface area contributed by atoms with Gasteiger partial charge in [-0.2, -0.15) is 0 Å². The first-order valence-corrected chi connectivity index (χ1v) is 6.07. The Balaban J connectivity index is 2.19. The van der Waals surface area contributed by atoms with Gasteiger partial charge in [0.05, 0.1) is 12.2 Å². The minimum Gasteiger partial charge on any atom is -0.388 e. The summed E-state index contributed by atoms with van der Waals surface area (Å²) >= 11 is 0. The molecule has 1 heterocycles. The summed E-state index contributed by atoms with van der Waals surface area (Å²) in [5, 5.41) is 18.9. The second-order valence-corrected chi connectivity index (χ2v) is 4.54. The number of hydrogen-bond donors (Lipinski definition) is 3. The van der Waals surface area contributed by atoms with E-state index in [4.69, 9.17) is 5.73 Å². The normalized spacial score (nSPS) is 23.4. The van der Waals surface area contributed by atoms with E-state index in [0.717, 1.165) is 5.56 Å². The molecule has 1 aliphatic rings. The number of amides is 1. The summed E-state index contributed by atoms with van der Waals surface area (Å²) in [6.07, 6.45) is -1.06. The molecular weight excluding hydrogens is 232 g/mol. The lowest BCUT2D eigenvalue weighted by Crippen LogP contribution is -2.30. The molecule has 0 bridgehead atoms. The third-order valence-electron chi connectivity index (χ3n) is 3.21. The average molecular weight is 250 g/mol. The molecule has 4 N–H and O–H groups in total. The second kappa shape index (κ2) is 5.48. The molecule has 0 saturated carbocycles. The van der Waals surface area contributed by atoms with Crippen molar-refractivity contribution in [2.45, 2.75) is 18.6 Å². The van der Waals surface area contributed by atoms with Gasteiger partial charge in [-0.25, -0.2) is 0 Å². The molecule has 1 aliphatic heterocycles. The molecule has 98 valence electrons. The maximum Gasteiger partial charge on any atom is 0.254 e. The van der Waals surface area contributed by atoms with E-state index in [2.05, 4.69) is 0 Å². The molecule has 18 heavy (non-hydrogen) atoms. The summed E-state index contributed by atoms with van der Waals surface area (Å²) in [5.41, 5.74) is 7.03.